The van der Waals surface area contributed by atoms with Crippen molar-refractivity contribution in [1.82, 2.24) is 4.41 Å². The van der Waals surface area contributed by atoms with Crippen LogP contribution < -0.4 is 0 Å². The lowest BCUT2D eigenvalue weighted by atomic mass is 9.84. The largest absolute Gasteiger partial charge is 0.279 e. The third kappa shape index (κ3) is 2.91. The van der Waals surface area contributed by atoms with Crippen LogP contribution in [0.5, 0.6) is 0 Å². The van der Waals surface area contributed by atoms with Crippen molar-refractivity contribution in [3.05, 3.63) is 29.8 Å². The molecule has 0 spiro atoms. The van der Waals surface area contributed by atoms with Gasteiger partial charge in [0.1, 0.15) is 0 Å². The van der Waals surface area contributed by atoms with Crippen LogP contribution in [-0.2, 0) is 10.0 Å². The van der Waals surface area contributed by atoms with E-state index in [0.717, 1.165) is 30.5 Å². The fraction of sp³-hybridized carbons (Fsp3) is 0.588. The second kappa shape index (κ2) is 6.03. The number of nitrogens with zero attached hydrogens (tertiary/aromatic N) is 2. The average molecular weight is 320 g/mol. The van der Waals surface area contributed by atoms with Crippen LogP contribution >= 0.6 is 0 Å². The van der Waals surface area contributed by atoms with Crippen molar-refractivity contribution in [3.8, 4) is 0 Å². The quantitative estimate of drug-likeness (QED) is 0.852. The number of hydrogen-bond donors (Lipinski definition) is 0. The SMILES string of the molecule is Cc1ccc(S(=O)(=O)N2N=C(C3CCCCC3)CC2C)cc1. The number of hydrogen-bond acceptors (Lipinski definition) is 3. The van der Waals surface area contributed by atoms with Crippen molar-refractivity contribution in [2.24, 2.45) is 11.0 Å². The summed E-state index contributed by atoms with van der Waals surface area (Å²) in [7, 11) is -3.53. The molecule has 1 atom stereocenters. The molecular formula is C17H24N2O2S. The Bertz CT molecular complexity index is 658. The maximum atomic E-state index is 12.8. The van der Waals surface area contributed by atoms with Gasteiger partial charge >= 0.3 is 0 Å². The molecule has 0 aromatic heterocycles. The summed E-state index contributed by atoms with van der Waals surface area (Å²) in [5.41, 5.74) is 2.14. The number of aryl methyl sites for hydroxylation is 1. The third-order valence-corrected chi connectivity index (χ3v) is 6.55. The van der Waals surface area contributed by atoms with Crippen molar-refractivity contribution < 1.29 is 8.42 Å². The molecule has 0 amide bonds. The minimum Gasteiger partial charge on any atom is -0.200 e. The van der Waals surface area contributed by atoms with Gasteiger partial charge in [-0.2, -0.15) is 17.9 Å². The molecule has 3 rings (SSSR count). The number of rotatable bonds is 3. The van der Waals surface area contributed by atoms with Gasteiger partial charge in [-0.25, -0.2) is 0 Å². The van der Waals surface area contributed by atoms with Crippen molar-refractivity contribution >= 4 is 15.7 Å². The predicted molar refractivity (Wildman–Crippen MR) is 88.3 cm³/mol. The third-order valence-electron chi connectivity index (χ3n) is 4.75. The van der Waals surface area contributed by atoms with Gasteiger partial charge in [0, 0.05) is 12.1 Å². The molecule has 0 bridgehead atoms. The molecule has 120 valence electrons. The normalized spacial score (nSPS) is 23.6. The van der Waals surface area contributed by atoms with Crippen LogP contribution in [0.15, 0.2) is 34.3 Å². The fourth-order valence-corrected chi connectivity index (χ4v) is 4.90. The molecule has 22 heavy (non-hydrogen) atoms. The summed E-state index contributed by atoms with van der Waals surface area (Å²) in [4.78, 5) is 0.332. The van der Waals surface area contributed by atoms with E-state index in [1.54, 1.807) is 12.1 Å². The molecule has 1 aliphatic heterocycles. The highest BCUT2D eigenvalue weighted by atomic mass is 32.2. The van der Waals surface area contributed by atoms with E-state index in [2.05, 4.69) is 5.10 Å². The van der Waals surface area contributed by atoms with Gasteiger partial charge in [-0.05, 0) is 44.7 Å². The van der Waals surface area contributed by atoms with Gasteiger partial charge in [0.2, 0.25) is 0 Å². The first-order chi connectivity index (χ1) is 10.5. The summed E-state index contributed by atoms with van der Waals surface area (Å²) in [6.45, 7) is 3.90. The molecule has 0 radical (unpaired) electrons. The topological polar surface area (TPSA) is 49.7 Å². The number of benzene rings is 1. The highest BCUT2D eigenvalue weighted by molar-refractivity contribution is 7.89. The molecule has 1 saturated carbocycles. The van der Waals surface area contributed by atoms with Crippen LogP contribution in [0, 0.1) is 12.8 Å². The summed E-state index contributed by atoms with van der Waals surface area (Å²) >= 11 is 0. The van der Waals surface area contributed by atoms with Crippen LogP contribution in [0.3, 0.4) is 0 Å². The molecule has 0 saturated heterocycles. The van der Waals surface area contributed by atoms with E-state index in [1.165, 1.54) is 23.7 Å². The van der Waals surface area contributed by atoms with E-state index in [-0.39, 0.29) is 6.04 Å². The van der Waals surface area contributed by atoms with Crippen molar-refractivity contribution in [1.29, 1.82) is 0 Å². The lowest BCUT2D eigenvalue weighted by Crippen LogP contribution is -2.30. The zero-order valence-electron chi connectivity index (χ0n) is 13.3. The zero-order valence-corrected chi connectivity index (χ0v) is 14.1. The molecule has 1 aromatic carbocycles. The molecule has 5 heteroatoms. The Morgan fingerprint density at radius 2 is 1.73 bits per heavy atom. The summed E-state index contributed by atoms with van der Waals surface area (Å²) in [6.07, 6.45) is 6.86. The Balaban J connectivity index is 1.86. The maximum absolute atomic E-state index is 12.8. The standard InChI is InChI=1S/C17H24N2O2S/c1-13-8-10-16(11-9-13)22(20,21)19-14(2)12-17(18-19)15-6-4-3-5-7-15/h8-11,14-15H,3-7,12H2,1-2H3. The van der Waals surface area contributed by atoms with Crippen LogP contribution in [-0.4, -0.2) is 24.6 Å². The minimum absolute atomic E-state index is 0.0803. The first-order valence-electron chi connectivity index (χ1n) is 8.17. The minimum atomic E-state index is -3.53. The van der Waals surface area contributed by atoms with E-state index in [0.29, 0.717) is 10.8 Å². The number of sulfonamides is 1. The van der Waals surface area contributed by atoms with Gasteiger partial charge < -0.3 is 0 Å². The lowest BCUT2D eigenvalue weighted by molar-refractivity contribution is 0.384. The molecule has 1 fully saturated rings. The van der Waals surface area contributed by atoms with Crippen molar-refractivity contribution in [2.75, 3.05) is 0 Å². The van der Waals surface area contributed by atoms with Gasteiger partial charge in [-0.15, -0.1) is 0 Å². The summed E-state index contributed by atoms with van der Waals surface area (Å²) in [6, 6.07) is 6.93. The van der Waals surface area contributed by atoms with E-state index in [1.807, 2.05) is 26.0 Å². The summed E-state index contributed by atoms with van der Waals surface area (Å²) in [5.74, 6) is 0.481. The Labute approximate surface area is 133 Å². The Morgan fingerprint density at radius 3 is 2.36 bits per heavy atom. The Kier molecular flexibility index (Phi) is 4.26. The molecular weight excluding hydrogens is 296 g/mol. The molecule has 4 nitrogen and oxygen atoms in total. The van der Waals surface area contributed by atoms with Crippen molar-refractivity contribution in [2.45, 2.75) is 63.3 Å². The first kappa shape index (κ1) is 15.5. The molecule has 1 aromatic rings. The van der Waals surface area contributed by atoms with Crippen LogP contribution in [0.25, 0.3) is 0 Å². The van der Waals surface area contributed by atoms with Gasteiger partial charge in [0.15, 0.2) is 0 Å². The molecule has 1 aliphatic carbocycles. The molecule has 2 aliphatic rings. The average Bonchev–Trinajstić information content (AvgIpc) is 2.91. The fourth-order valence-electron chi connectivity index (χ4n) is 3.44. The van der Waals surface area contributed by atoms with Crippen LogP contribution in [0.2, 0.25) is 0 Å². The maximum Gasteiger partial charge on any atom is 0.279 e. The van der Waals surface area contributed by atoms with E-state index in [4.69, 9.17) is 0 Å². The first-order valence-corrected chi connectivity index (χ1v) is 9.61. The highest BCUT2D eigenvalue weighted by Crippen LogP contribution is 2.32. The van der Waals surface area contributed by atoms with E-state index >= 15 is 0 Å². The van der Waals surface area contributed by atoms with Gasteiger partial charge in [0.25, 0.3) is 10.0 Å². The molecule has 1 unspecified atom stereocenters. The lowest BCUT2D eigenvalue weighted by Gasteiger charge is -2.20. The molecule has 1 heterocycles. The monoisotopic (exact) mass is 320 g/mol. The van der Waals surface area contributed by atoms with Crippen LogP contribution in [0.4, 0.5) is 0 Å². The second-order valence-corrected chi connectivity index (χ2v) is 8.37. The summed E-state index contributed by atoms with van der Waals surface area (Å²) in [5, 5.41) is 4.53. The van der Waals surface area contributed by atoms with Crippen molar-refractivity contribution in [3.63, 3.8) is 0 Å². The number of hydrazone groups is 1. The summed E-state index contributed by atoms with van der Waals surface area (Å²) < 4.78 is 26.9. The Hall–Kier alpha value is -1.36. The second-order valence-electron chi connectivity index (χ2n) is 6.57. The van der Waals surface area contributed by atoms with E-state index < -0.39 is 10.0 Å². The van der Waals surface area contributed by atoms with Gasteiger partial charge in [-0.1, -0.05) is 37.0 Å². The molecule has 0 N–H and O–H groups in total. The predicted octanol–water partition coefficient (Wildman–Crippen LogP) is 3.71. The highest BCUT2D eigenvalue weighted by Gasteiger charge is 2.36. The van der Waals surface area contributed by atoms with Gasteiger partial charge in [0.05, 0.1) is 10.9 Å². The van der Waals surface area contributed by atoms with E-state index in [9.17, 15) is 8.42 Å². The van der Waals surface area contributed by atoms with Crippen LogP contribution in [0.1, 0.15) is 51.0 Å². The van der Waals surface area contributed by atoms with Gasteiger partial charge in [-0.3, -0.25) is 0 Å². The Morgan fingerprint density at radius 1 is 1.09 bits per heavy atom. The smallest absolute Gasteiger partial charge is 0.200 e. The zero-order chi connectivity index (χ0) is 15.7.